The molecule has 1 heterocycles. The zero-order chi connectivity index (χ0) is 19.9. The molecule has 4 aromatic rings. The summed E-state index contributed by atoms with van der Waals surface area (Å²) in [5.41, 5.74) is 2.75. The van der Waals surface area contributed by atoms with Gasteiger partial charge < -0.3 is 10.1 Å². The fourth-order valence-corrected chi connectivity index (χ4v) is 2.85. The van der Waals surface area contributed by atoms with E-state index in [4.69, 9.17) is 4.74 Å². The largest absolute Gasteiger partial charge is 0.457 e. The lowest BCUT2D eigenvalue weighted by molar-refractivity contribution is 0.0951. The molecule has 3 aromatic carbocycles. The van der Waals surface area contributed by atoms with Crippen molar-refractivity contribution in [3.63, 3.8) is 0 Å². The number of benzene rings is 3. The van der Waals surface area contributed by atoms with Crippen LogP contribution >= 0.6 is 0 Å². The molecule has 6 nitrogen and oxygen atoms in total. The van der Waals surface area contributed by atoms with Crippen molar-refractivity contribution >= 4 is 5.91 Å². The molecular weight excluding hydrogens is 364 g/mol. The fraction of sp³-hybridized carbons (Fsp3) is 0.0870. The highest BCUT2D eigenvalue weighted by Crippen LogP contribution is 2.21. The summed E-state index contributed by atoms with van der Waals surface area (Å²) >= 11 is 0. The Morgan fingerprint density at radius 3 is 2.24 bits per heavy atom. The normalized spacial score (nSPS) is 10.5. The molecule has 0 aliphatic rings. The van der Waals surface area contributed by atoms with Crippen LogP contribution < -0.4 is 10.1 Å². The van der Waals surface area contributed by atoms with Gasteiger partial charge in [0, 0.05) is 12.1 Å². The van der Waals surface area contributed by atoms with Crippen LogP contribution in [0.1, 0.15) is 21.5 Å². The van der Waals surface area contributed by atoms with E-state index < -0.39 is 0 Å². The summed E-state index contributed by atoms with van der Waals surface area (Å²) in [4.78, 5) is 16.3. The van der Waals surface area contributed by atoms with Crippen molar-refractivity contribution in [2.24, 2.45) is 0 Å². The zero-order valence-electron chi connectivity index (χ0n) is 15.7. The van der Waals surface area contributed by atoms with Crippen LogP contribution in [0.25, 0.3) is 0 Å². The summed E-state index contributed by atoms with van der Waals surface area (Å²) in [6.45, 7) is 1.13. The third-order valence-electron chi connectivity index (χ3n) is 4.38. The van der Waals surface area contributed by atoms with Gasteiger partial charge in [-0.05, 0) is 47.5 Å². The van der Waals surface area contributed by atoms with Gasteiger partial charge >= 0.3 is 0 Å². The first-order valence-electron chi connectivity index (χ1n) is 9.28. The molecule has 0 saturated heterocycles. The van der Waals surface area contributed by atoms with E-state index in [1.807, 2.05) is 54.6 Å². The Kier molecular flexibility index (Phi) is 5.62. The molecule has 1 N–H and O–H groups in total. The minimum absolute atomic E-state index is 0.122. The number of amides is 1. The number of hydrogen-bond acceptors (Lipinski definition) is 4. The Morgan fingerprint density at radius 1 is 0.862 bits per heavy atom. The van der Waals surface area contributed by atoms with Crippen LogP contribution in [0.15, 0.2) is 91.5 Å². The lowest BCUT2D eigenvalue weighted by Gasteiger charge is -2.08. The molecule has 4 rings (SSSR count). The van der Waals surface area contributed by atoms with Crippen molar-refractivity contribution in [3.8, 4) is 11.5 Å². The number of carbonyl (C=O) groups is 1. The van der Waals surface area contributed by atoms with E-state index in [0.717, 1.165) is 16.9 Å². The first-order valence-corrected chi connectivity index (χ1v) is 9.28. The van der Waals surface area contributed by atoms with E-state index in [0.29, 0.717) is 24.4 Å². The molecule has 0 fully saturated rings. The quantitative estimate of drug-likeness (QED) is 0.522. The highest BCUT2D eigenvalue weighted by molar-refractivity contribution is 5.94. The monoisotopic (exact) mass is 384 g/mol. The second kappa shape index (κ2) is 8.84. The minimum Gasteiger partial charge on any atom is -0.457 e. The maximum absolute atomic E-state index is 12.4. The maximum Gasteiger partial charge on any atom is 0.251 e. The number of nitrogens with zero attached hydrogens (tertiary/aromatic N) is 3. The predicted octanol–water partition coefficient (Wildman–Crippen LogP) is 4.05. The predicted molar refractivity (Wildman–Crippen MR) is 110 cm³/mol. The Bertz CT molecular complexity index is 1040. The number of rotatable bonds is 7. The number of ether oxygens (including phenoxy) is 1. The smallest absolute Gasteiger partial charge is 0.251 e. The number of aromatic nitrogens is 3. The topological polar surface area (TPSA) is 69.0 Å². The number of carbonyl (C=O) groups excluding carboxylic acids is 1. The molecule has 0 atom stereocenters. The molecular formula is C23H20N4O2. The maximum atomic E-state index is 12.4. The molecule has 0 saturated carbocycles. The van der Waals surface area contributed by atoms with Crippen LogP contribution in [0.3, 0.4) is 0 Å². The van der Waals surface area contributed by atoms with Crippen LogP contribution in [0.5, 0.6) is 11.5 Å². The Morgan fingerprint density at radius 2 is 1.55 bits per heavy atom. The number of hydrogen-bond donors (Lipinski definition) is 1. The fourth-order valence-electron chi connectivity index (χ4n) is 2.85. The third kappa shape index (κ3) is 5.07. The van der Waals surface area contributed by atoms with Gasteiger partial charge in [-0.2, -0.15) is 5.10 Å². The average molecular weight is 384 g/mol. The van der Waals surface area contributed by atoms with Gasteiger partial charge in [-0.1, -0.05) is 42.5 Å². The van der Waals surface area contributed by atoms with Crippen LogP contribution in [0.2, 0.25) is 0 Å². The molecule has 0 spiro atoms. The van der Waals surface area contributed by atoms with Gasteiger partial charge in [-0.3, -0.25) is 4.79 Å². The zero-order valence-corrected chi connectivity index (χ0v) is 15.7. The standard InChI is InChI=1S/C23H20N4O2/c28-23(20-10-12-22(13-11-20)29-21-4-2-1-3-5-21)25-14-18-6-8-19(9-7-18)15-27-17-24-16-26-27/h1-13,16-17H,14-15H2,(H,25,28). The van der Waals surface area contributed by atoms with Crippen LogP contribution in [0.4, 0.5) is 0 Å². The molecule has 0 unspecified atom stereocenters. The van der Waals surface area contributed by atoms with Crippen molar-refractivity contribution in [1.29, 1.82) is 0 Å². The van der Waals surface area contributed by atoms with E-state index in [1.54, 1.807) is 35.3 Å². The van der Waals surface area contributed by atoms with Gasteiger partial charge in [0.2, 0.25) is 0 Å². The Labute approximate surface area is 168 Å². The van der Waals surface area contributed by atoms with Crippen molar-refractivity contribution in [2.45, 2.75) is 13.1 Å². The summed E-state index contributed by atoms with van der Waals surface area (Å²) in [6, 6.07) is 24.7. The molecule has 1 amide bonds. The van der Waals surface area contributed by atoms with Crippen molar-refractivity contribution < 1.29 is 9.53 Å². The summed E-state index contributed by atoms with van der Waals surface area (Å²) in [7, 11) is 0. The number of para-hydroxylation sites is 1. The molecule has 0 bridgehead atoms. The summed E-state index contributed by atoms with van der Waals surface area (Å²) < 4.78 is 7.51. The summed E-state index contributed by atoms with van der Waals surface area (Å²) in [5.74, 6) is 1.33. The average Bonchev–Trinajstić information content (AvgIpc) is 3.27. The molecule has 1 aromatic heterocycles. The van der Waals surface area contributed by atoms with Gasteiger partial charge in [-0.15, -0.1) is 0 Å². The highest BCUT2D eigenvalue weighted by Gasteiger charge is 2.06. The van der Waals surface area contributed by atoms with Crippen LogP contribution in [0, 0.1) is 0 Å². The first-order chi connectivity index (χ1) is 14.3. The summed E-state index contributed by atoms with van der Waals surface area (Å²) in [5, 5.41) is 7.04. The lowest BCUT2D eigenvalue weighted by atomic mass is 10.1. The van der Waals surface area contributed by atoms with Crippen LogP contribution in [-0.2, 0) is 13.1 Å². The van der Waals surface area contributed by atoms with E-state index in [-0.39, 0.29) is 5.91 Å². The van der Waals surface area contributed by atoms with Crippen molar-refractivity contribution in [2.75, 3.05) is 0 Å². The van der Waals surface area contributed by atoms with E-state index >= 15 is 0 Å². The van der Waals surface area contributed by atoms with Gasteiger partial charge in [0.05, 0.1) is 6.54 Å². The lowest BCUT2D eigenvalue weighted by Crippen LogP contribution is -2.22. The second-order valence-electron chi connectivity index (χ2n) is 6.53. The van der Waals surface area contributed by atoms with Crippen molar-refractivity contribution in [1.82, 2.24) is 20.1 Å². The first kappa shape index (κ1) is 18.4. The van der Waals surface area contributed by atoms with E-state index in [9.17, 15) is 4.79 Å². The van der Waals surface area contributed by atoms with E-state index in [1.165, 1.54) is 6.33 Å². The second-order valence-corrected chi connectivity index (χ2v) is 6.53. The summed E-state index contributed by atoms with van der Waals surface area (Å²) in [6.07, 6.45) is 3.20. The Balaban J connectivity index is 1.30. The Hall–Kier alpha value is -3.93. The molecule has 0 radical (unpaired) electrons. The van der Waals surface area contributed by atoms with Gasteiger partial charge in [-0.25, -0.2) is 9.67 Å². The minimum atomic E-state index is -0.122. The van der Waals surface area contributed by atoms with Gasteiger partial charge in [0.15, 0.2) is 0 Å². The molecule has 0 aliphatic heterocycles. The van der Waals surface area contributed by atoms with Gasteiger partial charge in [0.25, 0.3) is 5.91 Å². The number of nitrogens with one attached hydrogen (secondary N) is 1. The molecule has 6 heteroatoms. The molecule has 0 aliphatic carbocycles. The van der Waals surface area contributed by atoms with Crippen molar-refractivity contribution in [3.05, 3.63) is 108 Å². The van der Waals surface area contributed by atoms with Crippen LogP contribution in [-0.4, -0.2) is 20.7 Å². The SMILES string of the molecule is O=C(NCc1ccc(Cn2cncn2)cc1)c1ccc(Oc2ccccc2)cc1. The molecule has 144 valence electrons. The van der Waals surface area contributed by atoms with Gasteiger partial charge in [0.1, 0.15) is 24.2 Å². The van der Waals surface area contributed by atoms with E-state index in [2.05, 4.69) is 15.4 Å². The highest BCUT2D eigenvalue weighted by atomic mass is 16.5. The molecule has 29 heavy (non-hydrogen) atoms. The third-order valence-corrected chi connectivity index (χ3v) is 4.38.